The van der Waals surface area contributed by atoms with Gasteiger partial charge in [0.05, 0.1) is 0 Å². The molecule has 0 aliphatic heterocycles. The van der Waals surface area contributed by atoms with Crippen LogP contribution in [-0.2, 0) is 4.57 Å². The fourth-order valence-corrected chi connectivity index (χ4v) is 0. The molecule has 7 heteroatoms. The molecule has 0 aromatic heterocycles. The van der Waals surface area contributed by atoms with Crippen molar-refractivity contribution >= 4 is 24.7 Å². The van der Waals surface area contributed by atoms with E-state index in [9.17, 15) is 0 Å². The van der Waals surface area contributed by atoms with Crippen molar-refractivity contribution in [2.75, 3.05) is 0 Å². The Kier molecular flexibility index (Phi) is 7.19. The molecule has 43 valence electrons. The SMILES string of the molecule is O=P(O)(O)O.[OH][Ge]. The predicted octanol–water partition coefficient (Wildman–Crippen LogP) is -1.87. The van der Waals surface area contributed by atoms with Crippen LogP contribution in [0.25, 0.3) is 0 Å². The van der Waals surface area contributed by atoms with Crippen LogP contribution in [0.5, 0.6) is 0 Å². The molecule has 0 fully saturated rings. The Morgan fingerprint density at radius 3 is 1.14 bits per heavy atom. The second-order valence-corrected chi connectivity index (χ2v) is 1.54. The zero-order valence-corrected chi connectivity index (χ0v) is 6.14. The van der Waals surface area contributed by atoms with Crippen molar-refractivity contribution in [1.29, 1.82) is 0 Å². The van der Waals surface area contributed by atoms with Crippen molar-refractivity contribution in [3.63, 3.8) is 0 Å². The Labute approximate surface area is 48.8 Å². The summed E-state index contributed by atoms with van der Waals surface area (Å²) >= 11 is 1.00. The molecular formula is H4GeO5P. The van der Waals surface area contributed by atoms with Gasteiger partial charge in [0.25, 0.3) is 0 Å². The number of hydrogen-bond acceptors (Lipinski definition) is 2. The molecule has 0 bridgehead atoms. The summed E-state index contributed by atoms with van der Waals surface area (Å²) < 4.78 is 15.9. The van der Waals surface area contributed by atoms with Gasteiger partial charge in [-0.15, -0.1) is 0 Å². The Morgan fingerprint density at radius 2 is 1.14 bits per heavy atom. The van der Waals surface area contributed by atoms with Crippen LogP contribution in [0.1, 0.15) is 0 Å². The van der Waals surface area contributed by atoms with E-state index in [1.165, 1.54) is 0 Å². The van der Waals surface area contributed by atoms with Crippen molar-refractivity contribution in [2.24, 2.45) is 0 Å². The molecule has 5 nitrogen and oxygen atoms in total. The third kappa shape index (κ3) is 375. The fourth-order valence-electron chi connectivity index (χ4n) is 0. The van der Waals surface area contributed by atoms with E-state index in [1.54, 1.807) is 0 Å². The summed E-state index contributed by atoms with van der Waals surface area (Å²) in [6.45, 7) is 0. The molecule has 0 aliphatic rings. The van der Waals surface area contributed by atoms with Crippen LogP contribution in [-0.4, -0.2) is 35.7 Å². The summed E-state index contributed by atoms with van der Waals surface area (Å²) in [7, 11) is -4.64. The zero-order valence-electron chi connectivity index (χ0n) is 3.14. The second-order valence-electron chi connectivity index (χ2n) is 0.513. The first kappa shape index (κ1) is 10.6. The van der Waals surface area contributed by atoms with Crippen LogP contribution in [0.15, 0.2) is 0 Å². The molecule has 0 amide bonds. The summed E-state index contributed by atoms with van der Waals surface area (Å²) in [5.41, 5.74) is 0. The topological polar surface area (TPSA) is 98.0 Å². The Bertz CT molecular complexity index is 54.2. The third-order valence-corrected chi connectivity index (χ3v) is 0. The molecular weight excluding hydrogens is 184 g/mol. The van der Waals surface area contributed by atoms with Crippen LogP contribution >= 0.6 is 7.82 Å². The molecule has 0 spiro atoms. The van der Waals surface area contributed by atoms with Crippen LogP contribution in [0, 0.1) is 0 Å². The number of hydrogen-bond donors (Lipinski definition) is 4. The van der Waals surface area contributed by atoms with Gasteiger partial charge in [0, 0.05) is 0 Å². The van der Waals surface area contributed by atoms with Gasteiger partial charge >= 0.3 is 28.8 Å². The number of phosphoric acid groups is 1. The summed E-state index contributed by atoms with van der Waals surface area (Å²) in [6, 6.07) is 0. The molecule has 4 N–H and O–H groups in total. The van der Waals surface area contributed by atoms with E-state index in [-0.39, 0.29) is 0 Å². The maximum atomic E-state index is 8.88. The van der Waals surface area contributed by atoms with Crippen molar-refractivity contribution in [3.05, 3.63) is 0 Å². The average Bonchev–Trinajstić information content (AvgIpc) is 1.36. The summed E-state index contributed by atoms with van der Waals surface area (Å²) in [4.78, 5) is 21.6. The second kappa shape index (κ2) is 4.76. The van der Waals surface area contributed by atoms with E-state index in [4.69, 9.17) is 23.4 Å². The van der Waals surface area contributed by atoms with E-state index in [1.807, 2.05) is 0 Å². The number of rotatable bonds is 0. The summed E-state index contributed by atoms with van der Waals surface area (Å²) in [5, 5.41) is 0. The normalized spacial score (nSPS) is 9.29. The van der Waals surface area contributed by atoms with E-state index >= 15 is 0 Å². The van der Waals surface area contributed by atoms with Crippen LogP contribution in [0.4, 0.5) is 0 Å². The molecule has 0 aliphatic carbocycles. The van der Waals surface area contributed by atoms with Gasteiger partial charge in [0.15, 0.2) is 0 Å². The monoisotopic (exact) mass is 189 g/mol. The van der Waals surface area contributed by atoms with Crippen molar-refractivity contribution in [2.45, 2.75) is 0 Å². The van der Waals surface area contributed by atoms with E-state index in [2.05, 4.69) is 0 Å². The molecule has 0 heterocycles. The standard InChI is InChI=1S/GeHO.H3O4P/c1-2;1-5(2,3)4/h2H;(H3,1,2,3,4). The van der Waals surface area contributed by atoms with E-state index < -0.39 is 7.82 Å². The van der Waals surface area contributed by atoms with Gasteiger partial charge in [-0.05, 0) is 0 Å². The summed E-state index contributed by atoms with van der Waals surface area (Å²) in [5.74, 6) is 0. The van der Waals surface area contributed by atoms with Crippen molar-refractivity contribution < 1.29 is 23.4 Å². The molecule has 0 unspecified atom stereocenters. The van der Waals surface area contributed by atoms with E-state index in [0.717, 1.165) is 16.9 Å². The van der Waals surface area contributed by atoms with Gasteiger partial charge in [0.2, 0.25) is 0 Å². The first-order chi connectivity index (χ1) is 3.00. The van der Waals surface area contributed by atoms with Crippen molar-refractivity contribution in [1.82, 2.24) is 0 Å². The molecule has 0 aromatic rings. The predicted molar refractivity (Wildman–Crippen MR) is 22.2 cm³/mol. The Morgan fingerprint density at radius 1 is 1.14 bits per heavy atom. The molecule has 3 radical (unpaired) electrons. The van der Waals surface area contributed by atoms with Gasteiger partial charge in [0.1, 0.15) is 0 Å². The van der Waals surface area contributed by atoms with Gasteiger partial charge in [-0.3, -0.25) is 0 Å². The third-order valence-electron chi connectivity index (χ3n) is 0. The maximum absolute atomic E-state index is 8.88. The van der Waals surface area contributed by atoms with Gasteiger partial charge in [-0.25, -0.2) is 4.57 Å². The van der Waals surface area contributed by atoms with Gasteiger partial charge < -0.3 is 14.7 Å². The molecule has 0 atom stereocenters. The van der Waals surface area contributed by atoms with Crippen LogP contribution in [0.2, 0.25) is 0 Å². The zero-order chi connectivity index (χ0) is 6.50. The molecule has 0 saturated carbocycles. The minimum atomic E-state index is -4.64. The molecule has 0 rings (SSSR count). The fraction of sp³-hybridized carbons (Fsp3) is 0. The first-order valence-corrected chi connectivity index (χ1v) is 3.51. The van der Waals surface area contributed by atoms with Gasteiger partial charge in [-0.2, -0.15) is 0 Å². The minimum absolute atomic E-state index is 1.00. The van der Waals surface area contributed by atoms with Crippen molar-refractivity contribution in [3.8, 4) is 0 Å². The molecule has 0 saturated heterocycles. The van der Waals surface area contributed by atoms with Crippen LogP contribution < -0.4 is 0 Å². The Hall–Kier alpha value is 0.613. The molecule has 7 heavy (non-hydrogen) atoms. The molecule has 0 aromatic carbocycles. The summed E-state index contributed by atoms with van der Waals surface area (Å²) in [6.07, 6.45) is 0. The average molecular weight is 188 g/mol. The van der Waals surface area contributed by atoms with Gasteiger partial charge in [-0.1, -0.05) is 0 Å². The van der Waals surface area contributed by atoms with E-state index in [0.29, 0.717) is 0 Å². The quantitative estimate of drug-likeness (QED) is 0.263. The van der Waals surface area contributed by atoms with Crippen LogP contribution in [0.3, 0.4) is 0 Å². The Balaban J connectivity index is 0. The first-order valence-electron chi connectivity index (χ1n) is 1.01.